The van der Waals surface area contributed by atoms with Crippen molar-refractivity contribution in [1.82, 2.24) is 0 Å². The van der Waals surface area contributed by atoms with Crippen LogP contribution in [0.1, 0.15) is 38.5 Å². The summed E-state index contributed by atoms with van der Waals surface area (Å²) >= 11 is 0. The molecule has 0 amide bonds. The number of aliphatic hydroxyl groups is 1. The summed E-state index contributed by atoms with van der Waals surface area (Å²) in [5, 5.41) is 9.87. The Balaban J connectivity index is 1.80. The third kappa shape index (κ3) is 1.64. The molecular weight excluding hydrogens is 152 g/mol. The monoisotopic (exact) mass is 170 g/mol. The molecule has 0 aromatic carbocycles. The van der Waals surface area contributed by atoms with Gasteiger partial charge in [0.15, 0.2) is 0 Å². The van der Waals surface area contributed by atoms with Gasteiger partial charge < -0.3 is 9.84 Å². The molecule has 0 radical (unpaired) electrons. The minimum Gasteiger partial charge on any atom is -0.390 e. The first-order chi connectivity index (χ1) is 5.88. The fraction of sp³-hybridized carbons (Fsp3) is 1.00. The van der Waals surface area contributed by atoms with Crippen molar-refractivity contribution in [2.45, 2.75) is 50.7 Å². The van der Waals surface area contributed by atoms with E-state index in [9.17, 15) is 5.11 Å². The average Bonchev–Trinajstić information content (AvgIpc) is 2.03. The molecule has 1 saturated heterocycles. The summed E-state index contributed by atoms with van der Waals surface area (Å²) in [6.45, 7) is 0.856. The van der Waals surface area contributed by atoms with E-state index in [0.717, 1.165) is 13.0 Å². The van der Waals surface area contributed by atoms with Crippen LogP contribution in [0.4, 0.5) is 0 Å². The molecule has 2 aliphatic rings. The molecule has 2 rings (SSSR count). The summed E-state index contributed by atoms with van der Waals surface area (Å²) in [4.78, 5) is 0. The van der Waals surface area contributed by atoms with Crippen LogP contribution in [0.25, 0.3) is 0 Å². The fourth-order valence-corrected chi connectivity index (χ4v) is 2.12. The largest absolute Gasteiger partial charge is 0.390 e. The van der Waals surface area contributed by atoms with Gasteiger partial charge in [0, 0.05) is 6.61 Å². The summed E-state index contributed by atoms with van der Waals surface area (Å²) in [7, 11) is 0. The van der Waals surface area contributed by atoms with Crippen molar-refractivity contribution in [2.24, 2.45) is 5.92 Å². The van der Waals surface area contributed by atoms with Crippen LogP contribution < -0.4 is 0 Å². The van der Waals surface area contributed by atoms with E-state index >= 15 is 0 Å². The lowest BCUT2D eigenvalue weighted by atomic mass is 9.78. The molecule has 12 heavy (non-hydrogen) atoms. The van der Waals surface area contributed by atoms with Crippen LogP contribution in [0.3, 0.4) is 0 Å². The standard InChI is InChI=1S/C10H18O2/c11-10(8-4-3-5-8)9-6-1-2-7-12-9/h8-11H,1-7H2. The summed E-state index contributed by atoms with van der Waals surface area (Å²) in [6, 6.07) is 0. The molecule has 1 heterocycles. The highest BCUT2D eigenvalue weighted by Crippen LogP contribution is 2.33. The molecule has 0 spiro atoms. The second-order valence-electron chi connectivity index (χ2n) is 4.09. The summed E-state index contributed by atoms with van der Waals surface area (Å²) < 4.78 is 5.55. The van der Waals surface area contributed by atoms with Crippen molar-refractivity contribution >= 4 is 0 Å². The van der Waals surface area contributed by atoms with Crippen molar-refractivity contribution in [1.29, 1.82) is 0 Å². The predicted octanol–water partition coefficient (Wildman–Crippen LogP) is 1.72. The Hall–Kier alpha value is -0.0800. The van der Waals surface area contributed by atoms with Crippen molar-refractivity contribution in [3.63, 3.8) is 0 Å². The van der Waals surface area contributed by atoms with Gasteiger partial charge in [0.1, 0.15) is 0 Å². The third-order valence-corrected chi connectivity index (χ3v) is 3.23. The van der Waals surface area contributed by atoms with Crippen molar-refractivity contribution in [3.8, 4) is 0 Å². The molecule has 2 nitrogen and oxygen atoms in total. The van der Waals surface area contributed by atoms with E-state index in [4.69, 9.17) is 4.74 Å². The van der Waals surface area contributed by atoms with E-state index in [1.807, 2.05) is 0 Å². The summed E-state index contributed by atoms with van der Waals surface area (Å²) in [6.07, 6.45) is 7.18. The molecule has 0 aromatic rings. The molecule has 1 aliphatic carbocycles. The van der Waals surface area contributed by atoms with E-state index in [1.165, 1.54) is 32.1 Å². The Morgan fingerprint density at radius 3 is 2.42 bits per heavy atom. The minimum absolute atomic E-state index is 0.157. The van der Waals surface area contributed by atoms with Crippen LogP contribution in [0.5, 0.6) is 0 Å². The summed E-state index contributed by atoms with van der Waals surface area (Å²) in [5.41, 5.74) is 0. The Labute approximate surface area is 73.9 Å². The summed E-state index contributed by atoms with van der Waals surface area (Å²) in [5.74, 6) is 0.549. The second kappa shape index (κ2) is 3.75. The lowest BCUT2D eigenvalue weighted by molar-refractivity contribution is -0.0956. The second-order valence-corrected chi connectivity index (χ2v) is 4.09. The molecule has 2 unspecified atom stereocenters. The zero-order chi connectivity index (χ0) is 8.39. The minimum atomic E-state index is -0.168. The maximum atomic E-state index is 9.87. The van der Waals surface area contributed by atoms with E-state index in [-0.39, 0.29) is 12.2 Å². The molecule has 1 aliphatic heterocycles. The molecule has 70 valence electrons. The SMILES string of the molecule is OC(C1CCC1)C1CCCCO1. The van der Waals surface area contributed by atoms with Gasteiger partial charge in [-0.05, 0) is 38.0 Å². The number of hydrogen-bond donors (Lipinski definition) is 1. The quantitative estimate of drug-likeness (QED) is 0.683. The highest BCUT2D eigenvalue weighted by Gasteiger charge is 2.32. The van der Waals surface area contributed by atoms with Gasteiger partial charge in [-0.1, -0.05) is 6.42 Å². The van der Waals surface area contributed by atoms with E-state index in [0.29, 0.717) is 5.92 Å². The van der Waals surface area contributed by atoms with Crippen LogP contribution >= 0.6 is 0 Å². The van der Waals surface area contributed by atoms with Gasteiger partial charge in [-0.3, -0.25) is 0 Å². The van der Waals surface area contributed by atoms with Gasteiger partial charge in [-0.15, -0.1) is 0 Å². The molecule has 1 N–H and O–H groups in total. The Kier molecular flexibility index (Phi) is 2.66. The van der Waals surface area contributed by atoms with E-state index in [2.05, 4.69) is 0 Å². The molecule has 0 aromatic heterocycles. The fourth-order valence-electron chi connectivity index (χ4n) is 2.12. The van der Waals surface area contributed by atoms with Crippen molar-refractivity contribution < 1.29 is 9.84 Å². The Bertz CT molecular complexity index is 137. The lowest BCUT2D eigenvalue weighted by Gasteiger charge is -2.36. The lowest BCUT2D eigenvalue weighted by Crippen LogP contribution is -2.40. The molecular formula is C10H18O2. The first-order valence-corrected chi connectivity index (χ1v) is 5.17. The number of hydrogen-bond acceptors (Lipinski definition) is 2. The zero-order valence-electron chi connectivity index (χ0n) is 7.54. The highest BCUT2D eigenvalue weighted by atomic mass is 16.5. The normalized spacial score (nSPS) is 34.2. The topological polar surface area (TPSA) is 29.5 Å². The van der Waals surface area contributed by atoms with Crippen molar-refractivity contribution in [2.75, 3.05) is 6.61 Å². The predicted molar refractivity (Wildman–Crippen MR) is 46.9 cm³/mol. The van der Waals surface area contributed by atoms with Gasteiger partial charge in [0.25, 0.3) is 0 Å². The maximum Gasteiger partial charge on any atom is 0.0836 e. The molecule has 0 bridgehead atoms. The van der Waals surface area contributed by atoms with Gasteiger partial charge in [0.05, 0.1) is 12.2 Å². The molecule has 2 fully saturated rings. The number of aliphatic hydroxyl groups excluding tert-OH is 1. The average molecular weight is 170 g/mol. The van der Waals surface area contributed by atoms with E-state index in [1.54, 1.807) is 0 Å². The molecule has 1 saturated carbocycles. The molecule has 2 heteroatoms. The Morgan fingerprint density at radius 2 is 1.92 bits per heavy atom. The van der Waals surface area contributed by atoms with Gasteiger partial charge in [-0.2, -0.15) is 0 Å². The smallest absolute Gasteiger partial charge is 0.0836 e. The number of rotatable bonds is 2. The third-order valence-electron chi connectivity index (χ3n) is 3.23. The van der Waals surface area contributed by atoms with Gasteiger partial charge in [0.2, 0.25) is 0 Å². The number of ether oxygens (including phenoxy) is 1. The maximum absolute atomic E-state index is 9.87. The van der Waals surface area contributed by atoms with E-state index < -0.39 is 0 Å². The zero-order valence-corrected chi connectivity index (χ0v) is 7.54. The highest BCUT2D eigenvalue weighted by molar-refractivity contribution is 4.83. The van der Waals surface area contributed by atoms with Crippen LogP contribution in [-0.4, -0.2) is 23.9 Å². The van der Waals surface area contributed by atoms with Crippen LogP contribution in [0, 0.1) is 5.92 Å². The Morgan fingerprint density at radius 1 is 1.08 bits per heavy atom. The molecule has 2 atom stereocenters. The van der Waals surface area contributed by atoms with Crippen molar-refractivity contribution in [3.05, 3.63) is 0 Å². The van der Waals surface area contributed by atoms with Gasteiger partial charge in [-0.25, -0.2) is 0 Å². The van der Waals surface area contributed by atoms with Crippen LogP contribution in [0.2, 0.25) is 0 Å². The van der Waals surface area contributed by atoms with Crippen LogP contribution in [0.15, 0.2) is 0 Å². The first-order valence-electron chi connectivity index (χ1n) is 5.17. The van der Waals surface area contributed by atoms with Crippen LogP contribution in [-0.2, 0) is 4.74 Å². The van der Waals surface area contributed by atoms with Gasteiger partial charge >= 0.3 is 0 Å². The first kappa shape index (κ1) is 8.52.